The Morgan fingerprint density at radius 3 is 2.89 bits per heavy atom. The summed E-state index contributed by atoms with van der Waals surface area (Å²) in [5, 5.41) is 4.13. The third-order valence-corrected chi connectivity index (χ3v) is 4.91. The van der Waals surface area contributed by atoms with Crippen molar-refractivity contribution in [2.45, 2.75) is 25.9 Å². The number of carbonyl (C=O) groups is 1. The molecule has 0 saturated carbocycles. The van der Waals surface area contributed by atoms with Crippen molar-refractivity contribution in [1.82, 2.24) is 14.9 Å². The first-order chi connectivity index (χ1) is 13.0. The van der Waals surface area contributed by atoms with E-state index in [0.29, 0.717) is 31.3 Å². The lowest BCUT2D eigenvalue weighted by Gasteiger charge is -2.20. The molecular formula is C20H20FN5O. The van der Waals surface area contributed by atoms with Gasteiger partial charge < -0.3 is 16.0 Å². The average molecular weight is 365 g/mol. The molecule has 2 aromatic carbocycles. The fraction of sp³-hybridized carbons (Fsp3) is 0.250. The van der Waals surface area contributed by atoms with Gasteiger partial charge in [-0.2, -0.15) is 4.98 Å². The van der Waals surface area contributed by atoms with Crippen LogP contribution in [0, 0.1) is 5.82 Å². The van der Waals surface area contributed by atoms with Gasteiger partial charge in [0.25, 0.3) is 0 Å². The number of benzene rings is 2. The number of amides is 1. The van der Waals surface area contributed by atoms with E-state index in [1.165, 1.54) is 19.1 Å². The number of hydrogen-bond donors (Lipinski definition) is 2. The van der Waals surface area contributed by atoms with Gasteiger partial charge >= 0.3 is 0 Å². The van der Waals surface area contributed by atoms with Gasteiger partial charge in [0, 0.05) is 25.4 Å². The molecule has 1 atom stereocenters. The van der Waals surface area contributed by atoms with Gasteiger partial charge in [-0.1, -0.05) is 18.2 Å². The topological polar surface area (TPSA) is 84.1 Å². The van der Waals surface area contributed by atoms with Crippen molar-refractivity contribution in [1.29, 1.82) is 0 Å². The maximum atomic E-state index is 13.8. The van der Waals surface area contributed by atoms with Crippen molar-refractivity contribution >= 4 is 28.6 Å². The fourth-order valence-electron chi connectivity index (χ4n) is 3.52. The molecule has 3 N–H and O–H groups in total. The summed E-state index contributed by atoms with van der Waals surface area (Å²) in [6.45, 7) is 2.48. The monoisotopic (exact) mass is 365 g/mol. The van der Waals surface area contributed by atoms with E-state index in [0.717, 1.165) is 22.0 Å². The Labute approximate surface area is 156 Å². The lowest BCUT2D eigenvalue weighted by Crippen LogP contribution is -2.28. The molecule has 138 valence electrons. The Bertz CT molecular complexity index is 1020. The number of fused-ring (bicyclic) bond motifs is 2. The molecule has 2 heterocycles. The Hall–Kier alpha value is -3.22. The molecule has 0 radical (unpaired) electrons. The second kappa shape index (κ2) is 6.83. The summed E-state index contributed by atoms with van der Waals surface area (Å²) in [4.78, 5) is 22.5. The Kier molecular flexibility index (Phi) is 4.35. The number of nitrogens with two attached hydrogens (primary N) is 1. The largest absolute Gasteiger partial charge is 0.383 e. The van der Waals surface area contributed by atoms with Crippen LogP contribution >= 0.6 is 0 Å². The van der Waals surface area contributed by atoms with Crippen LogP contribution in [-0.4, -0.2) is 27.3 Å². The third kappa shape index (κ3) is 3.40. The minimum Gasteiger partial charge on any atom is -0.383 e. The van der Waals surface area contributed by atoms with E-state index < -0.39 is 0 Å². The second-order valence-electron chi connectivity index (χ2n) is 6.72. The van der Waals surface area contributed by atoms with Crippen LogP contribution in [0.15, 0.2) is 42.5 Å². The average Bonchev–Trinajstić information content (AvgIpc) is 2.81. The van der Waals surface area contributed by atoms with Crippen LogP contribution < -0.4 is 11.1 Å². The molecule has 0 bridgehead atoms. The third-order valence-electron chi connectivity index (χ3n) is 4.91. The molecule has 0 saturated heterocycles. The quantitative estimate of drug-likeness (QED) is 0.728. The summed E-state index contributed by atoms with van der Waals surface area (Å²) in [6, 6.07) is 12.1. The van der Waals surface area contributed by atoms with E-state index in [-0.39, 0.29) is 17.8 Å². The zero-order chi connectivity index (χ0) is 19.0. The number of carbonyl (C=O) groups excluding carboxylic acids is 1. The number of aromatic nitrogens is 2. The van der Waals surface area contributed by atoms with Crippen molar-refractivity contribution in [2.75, 3.05) is 17.6 Å². The number of nitrogens with zero attached hydrogens (tertiary/aromatic N) is 3. The standard InChI is InChI=1S/C20H20FN5O/c1-12(27)26-9-8-18(15-7-6-14(21)10-13(15)11-26)24-20-23-17-5-3-2-4-16(17)19(22)25-20/h2-7,10,18H,8-9,11H2,1H3,(H3,22,23,24,25). The van der Waals surface area contributed by atoms with Crippen LogP contribution in [0.25, 0.3) is 10.9 Å². The number of hydrogen-bond acceptors (Lipinski definition) is 5. The molecule has 27 heavy (non-hydrogen) atoms. The van der Waals surface area contributed by atoms with Crippen molar-refractivity contribution in [3.05, 3.63) is 59.4 Å². The first kappa shape index (κ1) is 17.2. The molecule has 1 aromatic heterocycles. The minimum absolute atomic E-state index is 0.0305. The van der Waals surface area contributed by atoms with E-state index in [9.17, 15) is 9.18 Å². The smallest absolute Gasteiger partial charge is 0.225 e. The van der Waals surface area contributed by atoms with E-state index in [2.05, 4.69) is 15.3 Å². The van der Waals surface area contributed by atoms with Crippen molar-refractivity contribution in [3.8, 4) is 0 Å². The zero-order valence-electron chi connectivity index (χ0n) is 14.9. The van der Waals surface area contributed by atoms with E-state index in [1.54, 1.807) is 11.0 Å². The number of nitrogen functional groups attached to an aromatic ring is 1. The molecule has 6 nitrogen and oxygen atoms in total. The molecule has 1 aliphatic rings. The van der Waals surface area contributed by atoms with Crippen LogP contribution in [0.1, 0.15) is 30.5 Å². The molecule has 3 aromatic rings. The minimum atomic E-state index is -0.316. The van der Waals surface area contributed by atoms with Gasteiger partial charge in [0.2, 0.25) is 11.9 Å². The molecule has 0 aliphatic carbocycles. The first-order valence-electron chi connectivity index (χ1n) is 8.84. The maximum absolute atomic E-state index is 13.8. The fourth-order valence-corrected chi connectivity index (χ4v) is 3.52. The zero-order valence-corrected chi connectivity index (χ0v) is 14.9. The second-order valence-corrected chi connectivity index (χ2v) is 6.72. The highest BCUT2D eigenvalue weighted by molar-refractivity contribution is 5.88. The van der Waals surface area contributed by atoms with E-state index in [1.807, 2.05) is 24.3 Å². The van der Waals surface area contributed by atoms with Gasteiger partial charge in [-0.05, 0) is 41.8 Å². The SMILES string of the molecule is CC(=O)N1CCC(Nc2nc(N)c3ccccc3n2)c2ccc(F)cc2C1. The normalized spacial score (nSPS) is 16.7. The van der Waals surface area contributed by atoms with Gasteiger partial charge in [-0.15, -0.1) is 0 Å². The van der Waals surface area contributed by atoms with Gasteiger partial charge in [-0.3, -0.25) is 4.79 Å². The molecule has 1 unspecified atom stereocenters. The number of anilines is 2. The molecular weight excluding hydrogens is 345 g/mol. The van der Waals surface area contributed by atoms with E-state index in [4.69, 9.17) is 5.73 Å². The first-order valence-corrected chi connectivity index (χ1v) is 8.84. The van der Waals surface area contributed by atoms with Gasteiger partial charge in [-0.25, -0.2) is 9.37 Å². The molecule has 0 spiro atoms. The van der Waals surface area contributed by atoms with Crippen LogP contribution in [0.4, 0.5) is 16.2 Å². The molecule has 0 fully saturated rings. The number of rotatable bonds is 2. The van der Waals surface area contributed by atoms with Crippen LogP contribution in [0.5, 0.6) is 0 Å². The highest BCUT2D eigenvalue weighted by Crippen LogP contribution is 2.30. The highest BCUT2D eigenvalue weighted by atomic mass is 19.1. The van der Waals surface area contributed by atoms with Crippen LogP contribution in [-0.2, 0) is 11.3 Å². The predicted octanol–water partition coefficient (Wildman–Crippen LogP) is 3.26. The molecule has 1 amide bonds. The lowest BCUT2D eigenvalue weighted by atomic mass is 9.99. The number of para-hydroxylation sites is 1. The summed E-state index contributed by atoms with van der Waals surface area (Å²) in [5.74, 6) is 0.477. The summed E-state index contributed by atoms with van der Waals surface area (Å²) in [6.07, 6.45) is 0.661. The highest BCUT2D eigenvalue weighted by Gasteiger charge is 2.24. The number of nitrogens with one attached hydrogen (secondary N) is 1. The van der Waals surface area contributed by atoms with Crippen molar-refractivity contribution in [3.63, 3.8) is 0 Å². The Balaban J connectivity index is 1.70. The summed E-state index contributed by atoms with van der Waals surface area (Å²) in [5.41, 5.74) is 8.56. The summed E-state index contributed by atoms with van der Waals surface area (Å²) in [7, 11) is 0. The van der Waals surface area contributed by atoms with Gasteiger partial charge in [0.15, 0.2) is 0 Å². The van der Waals surface area contributed by atoms with Crippen molar-refractivity contribution in [2.24, 2.45) is 0 Å². The van der Waals surface area contributed by atoms with Gasteiger partial charge in [0.05, 0.1) is 11.6 Å². The lowest BCUT2D eigenvalue weighted by molar-refractivity contribution is -0.129. The van der Waals surface area contributed by atoms with E-state index >= 15 is 0 Å². The van der Waals surface area contributed by atoms with Crippen LogP contribution in [0.3, 0.4) is 0 Å². The predicted molar refractivity (Wildman–Crippen MR) is 102 cm³/mol. The Morgan fingerprint density at radius 2 is 2.07 bits per heavy atom. The molecule has 7 heteroatoms. The maximum Gasteiger partial charge on any atom is 0.225 e. The summed E-state index contributed by atoms with van der Waals surface area (Å²) < 4.78 is 13.8. The van der Waals surface area contributed by atoms with Crippen LogP contribution in [0.2, 0.25) is 0 Å². The number of halogens is 1. The van der Waals surface area contributed by atoms with Crippen molar-refractivity contribution < 1.29 is 9.18 Å². The Morgan fingerprint density at radius 1 is 1.26 bits per heavy atom. The summed E-state index contributed by atoms with van der Waals surface area (Å²) >= 11 is 0. The van der Waals surface area contributed by atoms with Gasteiger partial charge in [0.1, 0.15) is 11.6 Å². The molecule has 1 aliphatic heterocycles. The molecule has 4 rings (SSSR count).